The smallest absolute Gasteiger partial charge is 0.239 e. The summed E-state index contributed by atoms with van der Waals surface area (Å²) in [5.74, 6) is 2.11. The van der Waals surface area contributed by atoms with E-state index in [-0.39, 0.29) is 11.4 Å². The normalized spacial score (nSPS) is 39.0. The minimum absolute atomic E-state index is 0.210. The van der Waals surface area contributed by atoms with Gasteiger partial charge in [-0.15, -0.1) is 0 Å². The Bertz CT molecular complexity index is 743. The fraction of sp³-hybridized carbons (Fsp3) is 0.700. The molecule has 5 heteroatoms. The summed E-state index contributed by atoms with van der Waals surface area (Å²) in [6.07, 6.45) is 6.82. The molecular weight excluding hydrogens is 378 g/mol. The number of aromatic nitrogens is 1. The quantitative estimate of drug-likeness (QED) is 0.754. The zero-order valence-electron chi connectivity index (χ0n) is 15.3. The van der Waals surface area contributed by atoms with E-state index in [9.17, 15) is 4.79 Å². The van der Waals surface area contributed by atoms with Gasteiger partial charge >= 0.3 is 0 Å². The number of hydrogen-bond donors (Lipinski definition) is 0. The van der Waals surface area contributed by atoms with Crippen LogP contribution in [0, 0.1) is 11.8 Å². The van der Waals surface area contributed by atoms with Crippen molar-refractivity contribution < 1.29 is 4.79 Å². The van der Waals surface area contributed by atoms with Gasteiger partial charge in [-0.3, -0.25) is 14.7 Å². The van der Waals surface area contributed by atoms with Crippen molar-refractivity contribution in [3.05, 3.63) is 22.4 Å². The van der Waals surface area contributed by atoms with E-state index in [1.165, 1.54) is 25.9 Å². The number of anilines is 1. The van der Waals surface area contributed by atoms with E-state index in [1.807, 2.05) is 20.0 Å². The number of pyridine rings is 1. The zero-order chi connectivity index (χ0) is 17.6. The molecule has 3 fully saturated rings. The van der Waals surface area contributed by atoms with E-state index in [0.717, 1.165) is 40.5 Å². The average Bonchev–Trinajstić information content (AvgIpc) is 2.89. The van der Waals surface area contributed by atoms with Crippen molar-refractivity contribution in [2.45, 2.75) is 63.5 Å². The van der Waals surface area contributed by atoms with Crippen molar-refractivity contribution in [2.24, 2.45) is 11.8 Å². The van der Waals surface area contributed by atoms with Gasteiger partial charge in [-0.1, -0.05) is 0 Å². The van der Waals surface area contributed by atoms with Crippen molar-refractivity contribution >= 4 is 27.5 Å². The molecule has 4 aliphatic rings. The molecule has 4 nitrogen and oxygen atoms in total. The minimum atomic E-state index is -0.519. The van der Waals surface area contributed by atoms with Crippen molar-refractivity contribution in [1.82, 2.24) is 9.88 Å². The Morgan fingerprint density at radius 3 is 2.40 bits per heavy atom. The Kier molecular flexibility index (Phi) is 3.29. The molecule has 0 spiro atoms. The fourth-order valence-electron chi connectivity index (χ4n) is 5.56. The first-order valence-electron chi connectivity index (χ1n) is 9.54. The molecule has 2 atom stereocenters. The lowest BCUT2D eigenvalue weighted by molar-refractivity contribution is -0.123. The van der Waals surface area contributed by atoms with Crippen LogP contribution in [-0.2, 0) is 10.2 Å². The van der Waals surface area contributed by atoms with Gasteiger partial charge in [-0.05, 0) is 80.3 Å². The summed E-state index contributed by atoms with van der Waals surface area (Å²) in [4.78, 5) is 22.5. The third-order valence-corrected chi connectivity index (χ3v) is 7.84. The summed E-state index contributed by atoms with van der Waals surface area (Å²) >= 11 is 3.53. The van der Waals surface area contributed by atoms with E-state index in [1.54, 1.807) is 0 Å². The van der Waals surface area contributed by atoms with E-state index >= 15 is 0 Å². The first-order valence-corrected chi connectivity index (χ1v) is 10.3. The highest BCUT2D eigenvalue weighted by Gasteiger charge is 2.56. The average molecular weight is 404 g/mol. The first kappa shape index (κ1) is 16.2. The van der Waals surface area contributed by atoms with Crippen molar-refractivity contribution in [3.63, 3.8) is 0 Å². The summed E-state index contributed by atoms with van der Waals surface area (Å²) in [5.41, 5.74) is 1.69. The topological polar surface area (TPSA) is 36.4 Å². The van der Waals surface area contributed by atoms with Gasteiger partial charge in [0.2, 0.25) is 5.91 Å². The van der Waals surface area contributed by atoms with Crippen LogP contribution in [0.1, 0.15) is 52.1 Å². The number of carbonyl (C=O) groups excluding carboxylic acids is 1. The summed E-state index contributed by atoms with van der Waals surface area (Å²) in [6, 6.07) is 2.38. The minimum Gasteiger partial charge on any atom is -0.307 e. The van der Waals surface area contributed by atoms with Crippen LogP contribution < -0.4 is 4.90 Å². The maximum Gasteiger partial charge on any atom is 0.239 e. The van der Waals surface area contributed by atoms with Gasteiger partial charge in [0.05, 0.1) is 16.8 Å². The van der Waals surface area contributed by atoms with Gasteiger partial charge in [0.1, 0.15) is 0 Å². The maximum absolute atomic E-state index is 13.1. The molecule has 5 rings (SSSR count). The summed E-state index contributed by atoms with van der Waals surface area (Å²) in [7, 11) is 0. The fourth-order valence-corrected chi connectivity index (χ4v) is 5.88. The second-order valence-electron chi connectivity index (χ2n) is 9.38. The van der Waals surface area contributed by atoms with Crippen LogP contribution in [0.4, 0.5) is 5.69 Å². The van der Waals surface area contributed by atoms with Crippen molar-refractivity contribution in [3.8, 4) is 0 Å². The van der Waals surface area contributed by atoms with Crippen molar-refractivity contribution in [1.29, 1.82) is 0 Å². The van der Waals surface area contributed by atoms with Gasteiger partial charge in [-0.25, -0.2) is 0 Å². The second kappa shape index (κ2) is 5.07. The Labute approximate surface area is 158 Å². The summed E-state index contributed by atoms with van der Waals surface area (Å²) in [6.45, 7) is 8.96. The predicted molar refractivity (Wildman–Crippen MR) is 102 cm³/mol. The molecule has 25 heavy (non-hydrogen) atoms. The third-order valence-electron chi connectivity index (χ3n) is 7.40. The number of hydrogen-bond acceptors (Lipinski definition) is 3. The second-order valence-corrected chi connectivity index (χ2v) is 10.3. The Hall–Kier alpha value is -0.940. The number of halogens is 1. The molecule has 1 aromatic rings. The molecule has 1 unspecified atom stereocenters. The number of rotatable bonds is 2. The van der Waals surface area contributed by atoms with Gasteiger partial charge < -0.3 is 4.90 Å². The molecule has 2 saturated carbocycles. The van der Waals surface area contributed by atoms with Crippen LogP contribution in [0.2, 0.25) is 0 Å². The van der Waals surface area contributed by atoms with E-state index < -0.39 is 5.41 Å². The molecule has 0 N–H and O–H groups in total. The van der Waals surface area contributed by atoms with Crippen LogP contribution >= 0.6 is 15.9 Å². The lowest BCUT2D eigenvalue weighted by atomic mass is 9.72. The van der Waals surface area contributed by atoms with E-state index in [0.29, 0.717) is 6.04 Å². The van der Waals surface area contributed by atoms with E-state index in [2.05, 4.69) is 43.7 Å². The molecule has 1 amide bonds. The van der Waals surface area contributed by atoms with Crippen LogP contribution in [0.3, 0.4) is 0 Å². The molecule has 2 aliphatic heterocycles. The summed E-state index contributed by atoms with van der Waals surface area (Å²) < 4.78 is 0.944. The SMILES string of the molecule is CC1(C)C(=O)N(C2CC(C)(N3CC4CC[C@@H]4C3)C2)c2cc(Br)cnc21. The standard InChI is InChI=1S/C20H26BrN3O/c1-19(2)17-16(6-14(21)9-22-17)24(18(19)25)15-7-20(3,8-15)23-10-12-4-5-13(12)11-23/h6,9,12-13,15H,4-5,7-8,10-11H2,1-3H3/t12-,13?,15?,20?/m1/s1. The third kappa shape index (κ3) is 2.14. The maximum atomic E-state index is 13.1. The Balaban J connectivity index is 1.39. The monoisotopic (exact) mass is 403 g/mol. The molecule has 1 aromatic heterocycles. The summed E-state index contributed by atoms with van der Waals surface area (Å²) in [5, 5.41) is 0. The largest absolute Gasteiger partial charge is 0.307 e. The predicted octanol–water partition coefficient (Wildman–Crippen LogP) is 3.73. The lowest BCUT2D eigenvalue weighted by Gasteiger charge is -2.54. The molecule has 0 aromatic carbocycles. The molecule has 0 bridgehead atoms. The van der Waals surface area contributed by atoms with E-state index in [4.69, 9.17) is 0 Å². The van der Waals surface area contributed by atoms with Gasteiger partial charge in [0, 0.05) is 35.3 Å². The first-order chi connectivity index (χ1) is 11.8. The molecule has 3 heterocycles. The zero-order valence-corrected chi connectivity index (χ0v) is 16.8. The van der Waals surface area contributed by atoms with Crippen LogP contribution in [-0.4, -0.2) is 40.5 Å². The molecular formula is C20H26BrN3O. The number of amides is 1. The van der Waals surface area contributed by atoms with Gasteiger partial charge in [0.15, 0.2) is 0 Å². The molecule has 134 valence electrons. The number of nitrogens with zero attached hydrogens (tertiary/aromatic N) is 3. The van der Waals surface area contributed by atoms with Crippen molar-refractivity contribution in [2.75, 3.05) is 18.0 Å². The molecule has 1 saturated heterocycles. The number of fused-ring (bicyclic) bond motifs is 2. The lowest BCUT2D eigenvalue weighted by Crippen LogP contribution is -2.62. The highest BCUT2D eigenvalue weighted by atomic mass is 79.9. The highest BCUT2D eigenvalue weighted by Crippen LogP contribution is 2.52. The Morgan fingerprint density at radius 2 is 1.80 bits per heavy atom. The number of likely N-dealkylation sites (tertiary alicyclic amines) is 1. The molecule has 0 radical (unpaired) electrons. The molecule has 2 aliphatic carbocycles. The van der Waals surface area contributed by atoms with Crippen LogP contribution in [0.15, 0.2) is 16.7 Å². The van der Waals surface area contributed by atoms with Gasteiger partial charge in [0.25, 0.3) is 0 Å². The van der Waals surface area contributed by atoms with Crippen LogP contribution in [0.25, 0.3) is 0 Å². The highest BCUT2D eigenvalue weighted by molar-refractivity contribution is 9.10. The Morgan fingerprint density at radius 1 is 1.16 bits per heavy atom. The van der Waals surface area contributed by atoms with Gasteiger partial charge in [-0.2, -0.15) is 0 Å². The van der Waals surface area contributed by atoms with Crippen LogP contribution in [0.5, 0.6) is 0 Å². The number of carbonyl (C=O) groups is 1.